The van der Waals surface area contributed by atoms with Gasteiger partial charge in [0.2, 0.25) is 0 Å². The van der Waals surface area contributed by atoms with Crippen LogP contribution in [0.25, 0.3) is 0 Å². The van der Waals surface area contributed by atoms with Crippen molar-refractivity contribution >= 4 is 0 Å². The molecule has 0 bridgehead atoms. The van der Waals surface area contributed by atoms with Gasteiger partial charge in [0.25, 0.3) is 0 Å². The monoisotopic (exact) mass is 246 g/mol. The van der Waals surface area contributed by atoms with E-state index in [2.05, 4.69) is 44.2 Å². The third-order valence-corrected chi connectivity index (χ3v) is 4.69. The van der Waals surface area contributed by atoms with Crippen molar-refractivity contribution in [1.29, 1.82) is 0 Å². The zero-order valence-corrected chi connectivity index (χ0v) is 11.7. The van der Waals surface area contributed by atoms with Crippen LogP contribution in [0.3, 0.4) is 0 Å². The highest BCUT2D eigenvalue weighted by Crippen LogP contribution is 2.38. The highest BCUT2D eigenvalue weighted by atomic mass is 16.3. The van der Waals surface area contributed by atoms with Gasteiger partial charge < -0.3 is 5.11 Å². The standard InChI is InChI=1S/C17H26O/c1-14-10-12-17(18,13-15(14)2)11-6-9-16-7-4-3-5-8-16/h3-5,7-8,14-15,18H,6,9-13H2,1-2H3. The van der Waals surface area contributed by atoms with Crippen molar-refractivity contribution < 1.29 is 5.11 Å². The SMILES string of the molecule is CC1CCC(O)(CCCc2ccccc2)CC1C. The number of aryl methyl sites for hydroxylation is 1. The lowest BCUT2D eigenvalue weighted by molar-refractivity contribution is -0.0362. The van der Waals surface area contributed by atoms with Crippen LogP contribution in [0.15, 0.2) is 30.3 Å². The first-order valence-corrected chi connectivity index (χ1v) is 7.35. The van der Waals surface area contributed by atoms with Gasteiger partial charge in [-0.15, -0.1) is 0 Å². The summed E-state index contributed by atoms with van der Waals surface area (Å²) in [6.07, 6.45) is 6.31. The maximum Gasteiger partial charge on any atom is 0.0650 e. The molecule has 1 aliphatic rings. The Morgan fingerprint density at radius 1 is 1.17 bits per heavy atom. The molecule has 1 saturated carbocycles. The number of aliphatic hydroxyl groups is 1. The molecule has 1 aromatic rings. The fourth-order valence-electron chi connectivity index (χ4n) is 3.18. The summed E-state index contributed by atoms with van der Waals surface area (Å²) in [4.78, 5) is 0. The molecule has 0 aromatic heterocycles. The van der Waals surface area contributed by atoms with Crippen LogP contribution in [0, 0.1) is 11.8 Å². The van der Waals surface area contributed by atoms with Crippen LogP contribution in [0.2, 0.25) is 0 Å². The molecule has 1 heteroatoms. The summed E-state index contributed by atoms with van der Waals surface area (Å²) in [5.74, 6) is 1.44. The van der Waals surface area contributed by atoms with Gasteiger partial charge in [0, 0.05) is 0 Å². The van der Waals surface area contributed by atoms with Gasteiger partial charge in [-0.3, -0.25) is 0 Å². The number of benzene rings is 1. The topological polar surface area (TPSA) is 20.2 Å². The predicted octanol–water partition coefficient (Wildman–Crippen LogP) is 4.20. The van der Waals surface area contributed by atoms with Gasteiger partial charge in [0.05, 0.1) is 5.60 Å². The summed E-state index contributed by atoms with van der Waals surface area (Å²) in [6, 6.07) is 10.6. The molecule has 0 amide bonds. The van der Waals surface area contributed by atoms with Gasteiger partial charge in [-0.2, -0.15) is 0 Å². The smallest absolute Gasteiger partial charge is 0.0650 e. The molecule has 3 unspecified atom stereocenters. The van der Waals surface area contributed by atoms with Crippen molar-refractivity contribution in [2.24, 2.45) is 11.8 Å². The van der Waals surface area contributed by atoms with E-state index in [1.807, 2.05) is 0 Å². The fraction of sp³-hybridized carbons (Fsp3) is 0.647. The lowest BCUT2D eigenvalue weighted by atomic mass is 9.71. The van der Waals surface area contributed by atoms with Gasteiger partial charge in [0.1, 0.15) is 0 Å². The molecular formula is C17H26O. The summed E-state index contributed by atoms with van der Waals surface area (Å²) in [5, 5.41) is 10.6. The molecule has 0 heterocycles. The highest BCUT2D eigenvalue weighted by molar-refractivity contribution is 5.14. The first-order valence-electron chi connectivity index (χ1n) is 7.35. The molecule has 0 radical (unpaired) electrons. The number of rotatable bonds is 4. The minimum Gasteiger partial charge on any atom is -0.390 e. The van der Waals surface area contributed by atoms with Crippen molar-refractivity contribution in [2.45, 2.75) is 58.0 Å². The van der Waals surface area contributed by atoms with Crippen molar-refractivity contribution in [2.75, 3.05) is 0 Å². The Morgan fingerprint density at radius 2 is 1.89 bits per heavy atom. The first-order chi connectivity index (χ1) is 8.59. The molecule has 1 N–H and O–H groups in total. The average molecular weight is 246 g/mol. The third-order valence-electron chi connectivity index (χ3n) is 4.69. The maximum atomic E-state index is 10.6. The predicted molar refractivity (Wildman–Crippen MR) is 76.5 cm³/mol. The van der Waals surface area contributed by atoms with E-state index in [1.165, 1.54) is 12.0 Å². The Bertz CT molecular complexity index is 359. The largest absolute Gasteiger partial charge is 0.390 e. The van der Waals surface area contributed by atoms with E-state index in [9.17, 15) is 5.11 Å². The van der Waals surface area contributed by atoms with Crippen molar-refractivity contribution in [3.8, 4) is 0 Å². The Kier molecular flexibility index (Phi) is 4.45. The summed E-state index contributed by atoms with van der Waals surface area (Å²) >= 11 is 0. The zero-order chi connectivity index (χ0) is 13.0. The van der Waals surface area contributed by atoms with Crippen LogP contribution in [0.5, 0.6) is 0 Å². The van der Waals surface area contributed by atoms with Crippen molar-refractivity contribution in [3.63, 3.8) is 0 Å². The second-order valence-corrected chi connectivity index (χ2v) is 6.26. The maximum absolute atomic E-state index is 10.6. The van der Waals surface area contributed by atoms with Crippen LogP contribution in [-0.4, -0.2) is 10.7 Å². The molecule has 1 fully saturated rings. The second kappa shape index (κ2) is 5.88. The minimum atomic E-state index is -0.388. The molecule has 0 spiro atoms. The number of hydrogen-bond donors (Lipinski definition) is 1. The minimum absolute atomic E-state index is 0.388. The number of hydrogen-bond acceptors (Lipinski definition) is 1. The first kappa shape index (κ1) is 13.6. The molecule has 1 aromatic carbocycles. The van der Waals surface area contributed by atoms with E-state index in [0.29, 0.717) is 5.92 Å². The molecule has 100 valence electrons. The second-order valence-electron chi connectivity index (χ2n) is 6.26. The Morgan fingerprint density at radius 3 is 2.56 bits per heavy atom. The lowest BCUT2D eigenvalue weighted by Crippen LogP contribution is -2.37. The average Bonchev–Trinajstić information content (AvgIpc) is 2.36. The molecule has 0 aliphatic heterocycles. The van der Waals surface area contributed by atoms with E-state index in [4.69, 9.17) is 0 Å². The fourth-order valence-corrected chi connectivity index (χ4v) is 3.18. The molecule has 0 saturated heterocycles. The Labute approximate surface area is 111 Å². The van der Waals surface area contributed by atoms with E-state index in [-0.39, 0.29) is 5.60 Å². The summed E-state index contributed by atoms with van der Waals surface area (Å²) in [7, 11) is 0. The molecule has 18 heavy (non-hydrogen) atoms. The van der Waals surface area contributed by atoms with Gasteiger partial charge in [0.15, 0.2) is 0 Å². The van der Waals surface area contributed by atoms with Gasteiger partial charge >= 0.3 is 0 Å². The molecular weight excluding hydrogens is 220 g/mol. The summed E-state index contributed by atoms with van der Waals surface area (Å²) in [5.41, 5.74) is 0.999. The Hall–Kier alpha value is -0.820. The van der Waals surface area contributed by atoms with E-state index >= 15 is 0 Å². The summed E-state index contributed by atoms with van der Waals surface area (Å²) < 4.78 is 0. The van der Waals surface area contributed by atoms with Crippen LogP contribution in [-0.2, 0) is 6.42 Å². The van der Waals surface area contributed by atoms with E-state index in [0.717, 1.165) is 38.0 Å². The lowest BCUT2D eigenvalue weighted by Gasteiger charge is -2.39. The van der Waals surface area contributed by atoms with E-state index < -0.39 is 0 Å². The van der Waals surface area contributed by atoms with Gasteiger partial charge in [-0.05, 0) is 55.9 Å². The van der Waals surface area contributed by atoms with Crippen molar-refractivity contribution in [3.05, 3.63) is 35.9 Å². The molecule has 3 atom stereocenters. The van der Waals surface area contributed by atoms with Crippen LogP contribution in [0.1, 0.15) is 51.5 Å². The van der Waals surface area contributed by atoms with Crippen LogP contribution in [0.4, 0.5) is 0 Å². The van der Waals surface area contributed by atoms with Crippen LogP contribution < -0.4 is 0 Å². The van der Waals surface area contributed by atoms with Crippen LogP contribution >= 0.6 is 0 Å². The highest BCUT2D eigenvalue weighted by Gasteiger charge is 2.35. The van der Waals surface area contributed by atoms with Crippen molar-refractivity contribution in [1.82, 2.24) is 0 Å². The summed E-state index contributed by atoms with van der Waals surface area (Å²) in [6.45, 7) is 4.60. The normalized spacial score (nSPS) is 32.4. The quantitative estimate of drug-likeness (QED) is 0.844. The third kappa shape index (κ3) is 3.58. The zero-order valence-electron chi connectivity index (χ0n) is 11.7. The van der Waals surface area contributed by atoms with Gasteiger partial charge in [-0.25, -0.2) is 0 Å². The molecule has 1 aliphatic carbocycles. The van der Waals surface area contributed by atoms with Gasteiger partial charge in [-0.1, -0.05) is 44.2 Å². The Balaban J connectivity index is 1.79. The van der Waals surface area contributed by atoms with E-state index in [1.54, 1.807) is 0 Å². The molecule has 1 nitrogen and oxygen atoms in total. The molecule has 2 rings (SSSR count).